The Kier molecular flexibility index (Phi) is 8.08. The molecule has 0 saturated heterocycles. The predicted molar refractivity (Wildman–Crippen MR) is 122 cm³/mol. The molecule has 0 aromatic heterocycles. The Bertz CT molecular complexity index is 1130. The predicted octanol–water partition coefficient (Wildman–Crippen LogP) is 5.40. The van der Waals surface area contributed by atoms with Crippen molar-refractivity contribution in [3.05, 3.63) is 47.5 Å². The van der Waals surface area contributed by atoms with Crippen molar-refractivity contribution in [3.63, 3.8) is 0 Å². The van der Waals surface area contributed by atoms with Crippen molar-refractivity contribution in [1.82, 2.24) is 0 Å². The van der Waals surface area contributed by atoms with Crippen LogP contribution in [0.4, 0.5) is 0 Å². The van der Waals surface area contributed by atoms with Gasteiger partial charge >= 0.3 is 0 Å². The van der Waals surface area contributed by atoms with Gasteiger partial charge in [-0.1, -0.05) is 38.1 Å². The first-order valence-corrected chi connectivity index (χ1v) is 13.2. The highest BCUT2D eigenvalue weighted by atomic mass is 32.2. The van der Waals surface area contributed by atoms with Gasteiger partial charge in [-0.05, 0) is 70.2 Å². The third-order valence-electron chi connectivity index (χ3n) is 4.79. The van der Waals surface area contributed by atoms with E-state index in [1.807, 2.05) is 19.9 Å². The van der Waals surface area contributed by atoms with E-state index in [0.29, 0.717) is 5.56 Å². The van der Waals surface area contributed by atoms with Crippen LogP contribution < -0.4 is 0 Å². The molecule has 0 aliphatic carbocycles. The summed E-state index contributed by atoms with van der Waals surface area (Å²) in [5, 5.41) is 0. The van der Waals surface area contributed by atoms with Crippen molar-refractivity contribution in [1.29, 1.82) is 0 Å². The average Bonchev–Trinajstić information content (AvgIpc) is 2.65. The summed E-state index contributed by atoms with van der Waals surface area (Å²) in [6.07, 6.45) is -0.287. The maximum absolute atomic E-state index is 13.1. The standard InChI is InChI=1S/C23H32O6S2/c1-8-18(7)19-10-12-21(23(14-19)31(26,27)29-16(4)5)20-11-9-17(6)13-22(20)30(24,25)28-15(2)3/h9-16,18H,8H2,1-7H3. The molecule has 0 fully saturated rings. The number of benzene rings is 2. The molecule has 2 aromatic carbocycles. The first kappa shape index (κ1) is 25.5. The zero-order valence-corrected chi connectivity index (χ0v) is 20.8. The molecule has 2 rings (SSSR count). The van der Waals surface area contributed by atoms with Gasteiger partial charge in [-0.25, -0.2) is 0 Å². The van der Waals surface area contributed by atoms with E-state index in [1.54, 1.807) is 58.9 Å². The smallest absolute Gasteiger partial charge is 0.264 e. The van der Waals surface area contributed by atoms with E-state index < -0.39 is 32.4 Å². The molecule has 0 radical (unpaired) electrons. The van der Waals surface area contributed by atoms with Crippen molar-refractivity contribution < 1.29 is 25.2 Å². The Hall–Kier alpha value is -1.74. The lowest BCUT2D eigenvalue weighted by Gasteiger charge is -2.19. The minimum Gasteiger partial charge on any atom is -0.264 e. The maximum atomic E-state index is 13.1. The molecule has 0 aliphatic rings. The van der Waals surface area contributed by atoms with Crippen LogP contribution in [0.25, 0.3) is 11.1 Å². The van der Waals surface area contributed by atoms with Gasteiger partial charge in [0.05, 0.1) is 12.2 Å². The lowest BCUT2D eigenvalue weighted by atomic mass is 9.95. The van der Waals surface area contributed by atoms with Gasteiger partial charge < -0.3 is 0 Å². The van der Waals surface area contributed by atoms with E-state index in [-0.39, 0.29) is 26.8 Å². The molecule has 0 N–H and O–H groups in total. The van der Waals surface area contributed by atoms with Crippen molar-refractivity contribution in [2.24, 2.45) is 0 Å². The largest absolute Gasteiger partial charge is 0.297 e. The van der Waals surface area contributed by atoms with Gasteiger partial charge in [0, 0.05) is 11.1 Å². The Morgan fingerprint density at radius 1 is 0.742 bits per heavy atom. The number of hydrogen-bond donors (Lipinski definition) is 0. The highest BCUT2D eigenvalue weighted by Crippen LogP contribution is 2.37. The fourth-order valence-electron chi connectivity index (χ4n) is 3.18. The summed E-state index contributed by atoms with van der Waals surface area (Å²) < 4.78 is 62.6. The zero-order chi connectivity index (χ0) is 23.6. The van der Waals surface area contributed by atoms with Crippen LogP contribution in [0, 0.1) is 6.92 Å². The highest BCUT2D eigenvalue weighted by Gasteiger charge is 2.28. The number of rotatable bonds is 9. The van der Waals surface area contributed by atoms with E-state index in [1.165, 1.54) is 6.07 Å². The summed E-state index contributed by atoms with van der Waals surface area (Å²) in [6.45, 7) is 12.3. The second-order valence-electron chi connectivity index (χ2n) is 8.26. The third-order valence-corrected chi connectivity index (χ3v) is 7.82. The van der Waals surface area contributed by atoms with Gasteiger partial charge in [-0.15, -0.1) is 0 Å². The molecule has 0 bridgehead atoms. The molecule has 0 saturated carbocycles. The van der Waals surface area contributed by atoms with E-state index in [2.05, 4.69) is 0 Å². The third kappa shape index (κ3) is 6.16. The fraction of sp³-hybridized carbons (Fsp3) is 0.478. The Morgan fingerprint density at radius 3 is 1.65 bits per heavy atom. The number of hydrogen-bond acceptors (Lipinski definition) is 6. The molecule has 1 atom stereocenters. The van der Waals surface area contributed by atoms with E-state index >= 15 is 0 Å². The molecule has 172 valence electrons. The van der Waals surface area contributed by atoms with Gasteiger partial charge in [0.15, 0.2) is 0 Å². The molecule has 0 aliphatic heterocycles. The van der Waals surface area contributed by atoms with Crippen molar-refractivity contribution in [2.45, 2.75) is 82.8 Å². The van der Waals surface area contributed by atoms with Gasteiger partial charge in [0.2, 0.25) is 0 Å². The Labute approximate surface area is 186 Å². The monoisotopic (exact) mass is 468 g/mol. The van der Waals surface area contributed by atoms with Crippen LogP contribution in [0.5, 0.6) is 0 Å². The van der Waals surface area contributed by atoms with Crippen molar-refractivity contribution in [2.75, 3.05) is 0 Å². The molecule has 2 aromatic rings. The topological polar surface area (TPSA) is 86.7 Å². The molecule has 6 nitrogen and oxygen atoms in total. The summed E-state index contributed by atoms with van der Waals surface area (Å²) in [4.78, 5) is -0.123. The molecule has 31 heavy (non-hydrogen) atoms. The first-order valence-electron chi connectivity index (χ1n) is 10.4. The zero-order valence-electron chi connectivity index (χ0n) is 19.2. The van der Waals surface area contributed by atoms with Crippen LogP contribution in [-0.2, 0) is 28.6 Å². The van der Waals surface area contributed by atoms with Crippen LogP contribution in [0.3, 0.4) is 0 Å². The quantitative estimate of drug-likeness (QED) is 0.458. The summed E-state index contributed by atoms with van der Waals surface area (Å²) in [5.41, 5.74) is 2.08. The van der Waals surface area contributed by atoms with Gasteiger partial charge in [0.25, 0.3) is 20.2 Å². The van der Waals surface area contributed by atoms with E-state index in [4.69, 9.17) is 8.37 Å². The van der Waals surface area contributed by atoms with Crippen LogP contribution in [0.1, 0.15) is 65.0 Å². The second kappa shape index (κ2) is 9.81. The van der Waals surface area contributed by atoms with Crippen molar-refractivity contribution >= 4 is 20.2 Å². The molecular formula is C23H32O6S2. The molecule has 0 spiro atoms. The Morgan fingerprint density at radius 2 is 1.19 bits per heavy atom. The molecule has 1 unspecified atom stereocenters. The van der Waals surface area contributed by atoms with Crippen molar-refractivity contribution in [3.8, 4) is 11.1 Å². The number of aryl methyl sites for hydroxylation is 1. The Balaban J connectivity index is 2.86. The fourth-order valence-corrected chi connectivity index (χ4v) is 5.91. The molecule has 8 heteroatoms. The summed E-state index contributed by atoms with van der Waals surface area (Å²) in [6, 6.07) is 9.91. The SMILES string of the molecule is CCC(C)c1ccc(-c2ccc(C)cc2S(=O)(=O)OC(C)C)c(S(=O)(=O)OC(C)C)c1. The lowest BCUT2D eigenvalue weighted by Crippen LogP contribution is -2.16. The molecule has 0 amide bonds. The van der Waals surface area contributed by atoms with Crippen LogP contribution in [0.15, 0.2) is 46.2 Å². The highest BCUT2D eigenvalue weighted by molar-refractivity contribution is 7.87. The molecule has 0 heterocycles. The first-order chi connectivity index (χ1) is 14.3. The van der Waals surface area contributed by atoms with E-state index in [9.17, 15) is 16.8 Å². The van der Waals surface area contributed by atoms with Gasteiger partial charge in [-0.2, -0.15) is 16.8 Å². The molecular weight excluding hydrogens is 436 g/mol. The second-order valence-corrected chi connectivity index (χ2v) is 11.3. The van der Waals surface area contributed by atoms with Crippen LogP contribution in [-0.4, -0.2) is 29.0 Å². The summed E-state index contributed by atoms with van der Waals surface area (Å²) >= 11 is 0. The summed E-state index contributed by atoms with van der Waals surface area (Å²) in [7, 11) is -8.25. The maximum Gasteiger partial charge on any atom is 0.297 e. The minimum absolute atomic E-state index is 0.0520. The lowest BCUT2D eigenvalue weighted by molar-refractivity contribution is 0.247. The average molecular weight is 469 g/mol. The summed E-state index contributed by atoms with van der Waals surface area (Å²) in [5.74, 6) is 0.132. The van der Waals surface area contributed by atoms with Gasteiger partial charge in [0.1, 0.15) is 9.79 Å². The van der Waals surface area contributed by atoms with E-state index in [0.717, 1.165) is 12.0 Å². The minimum atomic E-state index is -4.13. The van der Waals surface area contributed by atoms with Crippen LogP contribution in [0.2, 0.25) is 0 Å². The van der Waals surface area contributed by atoms with Gasteiger partial charge in [-0.3, -0.25) is 8.37 Å². The normalized spacial score (nSPS) is 13.7. The van der Waals surface area contributed by atoms with Crippen LogP contribution >= 0.6 is 0 Å².